The summed E-state index contributed by atoms with van der Waals surface area (Å²) >= 11 is 11.5. The van der Waals surface area contributed by atoms with Crippen molar-refractivity contribution in [3.8, 4) is 0 Å². The summed E-state index contributed by atoms with van der Waals surface area (Å²) in [6, 6.07) is 1.46. The Kier molecular flexibility index (Phi) is 4.86. The van der Waals surface area contributed by atoms with Crippen LogP contribution in [0.15, 0.2) is 6.07 Å². The number of H-pyrrole nitrogens is 1. The van der Waals surface area contributed by atoms with Crippen LogP contribution in [0, 0.1) is 0 Å². The van der Waals surface area contributed by atoms with E-state index in [9.17, 15) is 9.90 Å². The van der Waals surface area contributed by atoms with Gasteiger partial charge in [-0.15, -0.1) is 0 Å². The highest BCUT2D eigenvalue weighted by Gasteiger charge is 2.28. The Labute approximate surface area is 110 Å². The molecule has 1 aromatic heterocycles. The first-order valence-corrected chi connectivity index (χ1v) is 6.21. The second kappa shape index (κ2) is 5.76. The fourth-order valence-electron chi connectivity index (χ4n) is 1.52. The number of aliphatic hydroxyl groups excluding tert-OH is 1. The van der Waals surface area contributed by atoms with Crippen LogP contribution in [-0.4, -0.2) is 28.1 Å². The van der Waals surface area contributed by atoms with Gasteiger partial charge < -0.3 is 15.4 Å². The lowest BCUT2D eigenvalue weighted by molar-refractivity contribution is 0.0813. The Hall–Kier alpha value is -0.710. The van der Waals surface area contributed by atoms with E-state index in [-0.39, 0.29) is 17.7 Å². The van der Waals surface area contributed by atoms with Crippen molar-refractivity contribution in [2.75, 3.05) is 6.61 Å². The van der Waals surface area contributed by atoms with Crippen molar-refractivity contribution >= 4 is 29.1 Å². The second-order valence-electron chi connectivity index (χ2n) is 3.94. The van der Waals surface area contributed by atoms with Crippen LogP contribution in [-0.2, 0) is 0 Å². The van der Waals surface area contributed by atoms with Gasteiger partial charge in [0.25, 0.3) is 5.91 Å². The summed E-state index contributed by atoms with van der Waals surface area (Å²) in [6.45, 7) is 3.72. The van der Waals surface area contributed by atoms with Gasteiger partial charge in [0, 0.05) is 0 Å². The summed E-state index contributed by atoms with van der Waals surface area (Å²) in [7, 11) is 0. The van der Waals surface area contributed by atoms with Crippen molar-refractivity contribution in [3.05, 3.63) is 21.9 Å². The number of aromatic nitrogens is 1. The molecular weight excluding hydrogens is 263 g/mol. The molecule has 0 saturated carbocycles. The predicted octanol–water partition coefficient (Wildman–Crippen LogP) is 2.60. The molecule has 6 heteroatoms. The molecule has 1 rings (SSSR count). The molecule has 17 heavy (non-hydrogen) atoms. The first-order valence-electron chi connectivity index (χ1n) is 5.45. The number of carbonyl (C=O) groups is 1. The van der Waals surface area contributed by atoms with Crippen LogP contribution >= 0.6 is 23.2 Å². The lowest BCUT2D eigenvalue weighted by Gasteiger charge is -2.30. The van der Waals surface area contributed by atoms with Crippen LogP contribution in [0.2, 0.25) is 10.2 Å². The highest BCUT2D eigenvalue weighted by molar-refractivity contribution is 6.41. The molecule has 0 radical (unpaired) electrons. The Morgan fingerprint density at radius 2 is 2.06 bits per heavy atom. The Bertz CT molecular complexity index is 372. The van der Waals surface area contributed by atoms with E-state index in [0.717, 1.165) is 0 Å². The molecule has 0 aliphatic carbocycles. The highest BCUT2D eigenvalue weighted by Crippen LogP contribution is 2.22. The average Bonchev–Trinajstić information content (AvgIpc) is 2.67. The molecule has 0 saturated heterocycles. The number of aliphatic hydroxyl groups is 1. The van der Waals surface area contributed by atoms with Crippen molar-refractivity contribution < 1.29 is 9.90 Å². The Morgan fingerprint density at radius 1 is 1.47 bits per heavy atom. The standard InChI is InChI=1S/C11H16Cl2N2O2/c1-3-11(4-2,6-16)15-10(17)8-5-7(12)9(13)14-8/h5,14,16H,3-4,6H2,1-2H3,(H,15,17). The van der Waals surface area contributed by atoms with Gasteiger partial charge in [0.1, 0.15) is 10.8 Å². The molecule has 0 fully saturated rings. The van der Waals surface area contributed by atoms with E-state index in [4.69, 9.17) is 23.2 Å². The van der Waals surface area contributed by atoms with Gasteiger partial charge in [-0.3, -0.25) is 4.79 Å². The predicted molar refractivity (Wildman–Crippen MR) is 68.7 cm³/mol. The summed E-state index contributed by atoms with van der Waals surface area (Å²) in [5.41, 5.74) is -0.305. The number of rotatable bonds is 5. The summed E-state index contributed by atoms with van der Waals surface area (Å²) in [5, 5.41) is 12.7. The van der Waals surface area contributed by atoms with Gasteiger partial charge in [-0.2, -0.15) is 0 Å². The van der Waals surface area contributed by atoms with Crippen LogP contribution in [0.4, 0.5) is 0 Å². The molecule has 3 N–H and O–H groups in total. The van der Waals surface area contributed by atoms with Gasteiger partial charge in [0.15, 0.2) is 0 Å². The van der Waals surface area contributed by atoms with Crippen molar-refractivity contribution in [3.63, 3.8) is 0 Å². The van der Waals surface area contributed by atoms with Crippen LogP contribution in [0.3, 0.4) is 0 Å². The normalized spacial score (nSPS) is 11.6. The number of amides is 1. The molecule has 0 aromatic carbocycles. The molecule has 0 aliphatic heterocycles. The van der Waals surface area contributed by atoms with Crippen molar-refractivity contribution in [1.29, 1.82) is 0 Å². The van der Waals surface area contributed by atoms with Crippen molar-refractivity contribution in [2.24, 2.45) is 0 Å². The number of nitrogens with one attached hydrogen (secondary N) is 2. The average molecular weight is 279 g/mol. The third-order valence-corrected chi connectivity index (χ3v) is 3.70. The third kappa shape index (κ3) is 3.15. The number of aromatic amines is 1. The van der Waals surface area contributed by atoms with E-state index in [2.05, 4.69) is 10.3 Å². The molecule has 0 atom stereocenters. The smallest absolute Gasteiger partial charge is 0.268 e. The van der Waals surface area contributed by atoms with Gasteiger partial charge in [0.2, 0.25) is 0 Å². The van der Waals surface area contributed by atoms with Crippen LogP contribution in [0.1, 0.15) is 37.2 Å². The lowest BCUT2D eigenvalue weighted by atomic mass is 9.94. The van der Waals surface area contributed by atoms with Gasteiger partial charge in [-0.05, 0) is 18.9 Å². The SMILES string of the molecule is CCC(CC)(CO)NC(=O)c1cc(Cl)c(Cl)[nH]1. The van der Waals surface area contributed by atoms with E-state index in [0.29, 0.717) is 23.6 Å². The zero-order valence-electron chi connectivity index (χ0n) is 9.81. The largest absolute Gasteiger partial charge is 0.394 e. The molecule has 0 bridgehead atoms. The molecule has 1 aromatic rings. The van der Waals surface area contributed by atoms with Gasteiger partial charge in [0.05, 0.1) is 17.2 Å². The first kappa shape index (κ1) is 14.4. The van der Waals surface area contributed by atoms with E-state index in [1.807, 2.05) is 13.8 Å². The molecule has 0 aliphatic rings. The molecule has 0 unspecified atom stereocenters. The summed E-state index contributed by atoms with van der Waals surface area (Å²) in [5.74, 6) is -0.323. The van der Waals surface area contributed by atoms with Crippen LogP contribution in [0.5, 0.6) is 0 Å². The molecule has 1 heterocycles. The molecule has 4 nitrogen and oxygen atoms in total. The molecular formula is C11H16Cl2N2O2. The van der Waals surface area contributed by atoms with Gasteiger partial charge in [-0.25, -0.2) is 0 Å². The molecule has 96 valence electrons. The maximum atomic E-state index is 11.9. The fraction of sp³-hybridized carbons (Fsp3) is 0.545. The number of hydrogen-bond donors (Lipinski definition) is 3. The number of hydrogen-bond acceptors (Lipinski definition) is 2. The molecule has 0 spiro atoms. The Morgan fingerprint density at radius 3 is 2.41 bits per heavy atom. The zero-order chi connectivity index (χ0) is 13.1. The Balaban J connectivity index is 2.84. The third-order valence-electron chi connectivity index (χ3n) is 3.00. The minimum absolute atomic E-state index is 0.103. The van der Waals surface area contributed by atoms with Crippen LogP contribution in [0.25, 0.3) is 0 Å². The van der Waals surface area contributed by atoms with E-state index < -0.39 is 5.54 Å². The van der Waals surface area contributed by atoms with E-state index in [1.54, 1.807) is 0 Å². The zero-order valence-corrected chi connectivity index (χ0v) is 11.3. The van der Waals surface area contributed by atoms with Crippen molar-refractivity contribution in [2.45, 2.75) is 32.2 Å². The van der Waals surface area contributed by atoms with Gasteiger partial charge >= 0.3 is 0 Å². The molecule has 1 amide bonds. The topological polar surface area (TPSA) is 65.1 Å². The first-order chi connectivity index (χ1) is 7.98. The second-order valence-corrected chi connectivity index (χ2v) is 4.73. The summed E-state index contributed by atoms with van der Waals surface area (Å²) in [4.78, 5) is 14.6. The van der Waals surface area contributed by atoms with Crippen molar-refractivity contribution in [1.82, 2.24) is 10.3 Å². The minimum Gasteiger partial charge on any atom is -0.394 e. The maximum absolute atomic E-state index is 11.9. The van der Waals surface area contributed by atoms with E-state index >= 15 is 0 Å². The monoisotopic (exact) mass is 278 g/mol. The lowest BCUT2D eigenvalue weighted by Crippen LogP contribution is -2.50. The number of halogens is 2. The summed E-state index contributed by atoms with van der Waals surface area (Å²) < 4.78 is 0. The maximum Gasteiger partial charge on any atom is 0.268 e. The highest BCUT2D eigenvalue weighted by atomic mass is 35.5. The minimum atomic E-state index is -0.596. The number of carbonyl (C=O) groups excluding carboxylic acids is 1. The summed E-state index contributed by atoms with van der Waals surface area (Å²) in [6.07, 6.45) is 1.29. The fourth-order valence-corrected chi connectivity index (χ4v) is 1.84. The van der Waals surface area contributed by atoms with Gasteiger partial charge in [-0.1, -0.05) is 37.0 Å². The van der Waals surface area contributed by atoms with Crippen LogP contribution < -0.4 is 5.32 Å². The van der Waals surface area contributed by atoms with E-state index in [1.165, 1.54) is 6.07 Å². The quantitative estimate of drug-likeness (QED) is 0.775.